The zero-order valence-corrected chi connectivity index (χ0v) is 20.1. The standard InChI is InChI=1S/C22H27N5O3S2/c1-4-8-27-20(14-7-9-30-13(14)3)25-26-22(27)31-11-17(28)24-21-18(19(23)29)15-6-5-12(2)10-16(15)32-21/h7,9,12H,4-6,8,10-11H2,1-3H3,(H2,23,29)(H,24,28). The van der Waals surface area contributed by atoms with Crippen molar-refractivity contribution >= 4 is 39.9 Å². The van der Waals surface area contributed by atoms with Crippen molar-refractivity contribution in [3.8, 4) is 11.4 Å². The van der Waals surface area contributed by atoms with Gasteiger partial charge in [-0.1, -0.05) is 25.6 Å². The van der Waals surface area contributed by atoms with Crippen LogP contribution in [0.2, 0.25) is 0 Å². The van der Waals surface area contributed by atoms with Crippen LogP contribution < -0.4 is 11.1 Å². The topological polar surface area (TPSA) is 116 Å². The molecule has 0 fully saturated rings. The Hall–Kier alpha value is -2.59. The van der Waals surface area contributed by atoms with E-state index < -0.39 is 5.91 Å². The number of primary amides is 1. The molecule has 0 saturated heterocycles. The Morgan fingerprint density at radius 3 is 2.91 bits per heavy atom. The Morgan fingerprint density at radius 1 is 1.41 bits per heavy atom. The molecule has 0 aliphatic heterocycles. The van der Waals surface area contributed by atoms with Crippen molar-refractivity contribution in [1.82, 2.24) is 14.8 Å². The molecule has 3 aromatic heterocycles. The molecule has 1 unspecified atom stereocenters. The lowest BCUT2D eigenvalue weighted by molar-refractivity contribution is -0.113. The van der Waals surface area contributed by atoms with Gasteiger partial charge in [-0.15, -0.1) is 21.5 Å². The first kappa shape index (κ1) is 22.6. The van der Waals surface area contributed by atoms with Gasteiger partial charge in [-0.05, 0) is 50.2 Å². The molecule has 0 radical (unpaired) electrons. The minimum atomic E-state index is -0.484. The van der Waals surface area contributed by atoms with Crippen LogP contribution >= 0.6 is 23.1 Å². The Balaban J connectivity index is 1.49. The summed E-state index contributed by atoms with van der Waals surface area (Å²) in [5.74, 6) is 1.55. The summed E-state index contributed by atoms with van der Waals surface area (Å²) in [7, 11) is 0. The van der Waals surface area contributed by atoms with Crippen molar-refractivity contribution in [2.24, 2.45) is 11.7 Å². The number of fused-ring (bicyclic) bond motifs is 1. The maximum atomic E-state index is 12.7. The van der Waals surface area contributed by atoms with Gasteiger partial charge < -0.3 is 20.0 Å². The van der Waals surface area contributed by atoms with Crippen LogP contribution in [0.1, 0.15) is 53.2 Å². The molecule has 8 nitrogen and oxygen atoms in total. The number of nitrogens with one attached hydrogen (secondary N) is 1. The second kappa shape index (κ2) is 9.50. The molecular weight excluding hydrogens is 446 g/mol. The highest BCUT2D eigenvalue weighted by Crippen LogP contribution is 2.39. The number of carbonyl (C=O) groups excluding carboxylic acids is 2. The monoisotopic (exact) mass is 473 g/mol. The van der Waals surface area contributed by atoms with Crippen LogP contribution in [0, 0.1) is 12.8 Å². The number of anilines is 1. The smallest absolute Gasteiger partial charge is 0.251 e. The lowest BCUT2D eigenvalue weighted by atomic mass is 9.88. The fourth-order valence-electron chi connectivity index (χ4n) is 4.03. The maximum Gasteiger partial charge on any atom is 0.251 e. The second-order valence-corrected chi connectivity index (χ2v) is 10.2. The number of hydrogen-bond donors (Lipinski definition) is 2. The molecule has 3 aromatic rings. The minimum Gasteiger partial charge on any atom is -0.469 e. The zero-order valence-electron chi connectivity index (χ0n) is 18.4. The van der Waals surface area contributed by atoms with Gasteiger partial charge in [-0.25, -0.2) is 0 Å². The van der Waals surface area contributed by atoms with Crippen molar-refractivity contribution in [3.63, 3.8) is 0 Å². The summed E-state index contributed by atoms with van der Waals surface area (Å²) >= 11 is 2.80. The summed E-state index contributed by atoms with van der Waals surface area (Å²) in [6, 6.07) is 1.87. The van der Waals surface area contributed by atoms with E-state index >= 15 is 0 Å². The largest absolute Gasteiger partial charge is 0.469 e. The average molecular weight is 474 g/mol. The summed E-state index contributed by atoms with van der Waals surface area (Å²) in [4.78, 5) is 26.0. The number of aryl methyl sites for hydroxylation is 1. The number of thioether (sulfide) groups is 1. The number of amides is 2. The molecule has 10 heteroatoms. The van der Waals surface area contributed by atoms with Crippen molar-refractivity contribution in [1.29, 1.82) is 0 Å². The molecule has 32 heavy (non-hydrogen) atoms. The van der Waals surface area contributed by atoms with E-state index in [-0.39, 0.29) is 11.7 Å². The summed E-state index contributed by atoms with van der Waals surface area (Å²) in [6.07, 6.45) is 5.31. The van der Waals surface area contributed by atoms with Crippen molar-refractivity contribution in [3.05, 3.63) is 34.1 Å². The van der Waals surface area contributed by atoms with Crippen molar-refractivity contribution in [2.75, 3.05) is 11.1 Å². The zero-order chi connectivity index (χ0) is 22.8. The highest BCUT2D eigenvalue weighted by atomic mass is 32.2. The summed E-state index contributed by atoms with van der Waals surface area (Å²) in [5.41, 5.74) is 8.03. The van der Waals surface area contributed by atoms with E-state index in [1.807, 2.05) is 17.6 Å². The molecule has 0 aromatic carbocycles. The SMILES string of the molecule is CCCn1c(SCC(=O)Nc2sc3c(c2C(N)=O)CCC(C)C3)nnc1-c1ccoc1C. The predicted molar refractivity (Wildman–Crippen MR) is 126 cm³/mol. The van der Waals surface area contributed by atoms with Crippen LogP contribution in [0.25, 0.3) is 11.4 Å². The number of aromatic nitrogens is 3. The normalized spacial score (nSPS) is 15.5. The third kappa shape index (κ3) is 4.47. The van der Waals surface area contributed by atoms with Crippen LogP contribution in [-0.2, 0) is 24.2 Å². The quantitative estimate of drug-likeness (QED) is 0.472. The van der Waals surface area contributed by atoms with Gasteiger partial charge in [0.05, 0.1) is 23.1 Å². The highest BCUT2D eigenvalue weighted by Gasteiger charge is 2.27. The lowest BCUT2D eigenvalue weighted by Crippen LogP contribution is -2.20. The van der Waals surface area contributed by atoms with Gasteiger partial charge in [0.2, 0.25) is 5.91 Å². The van der Waals surface area contributed by atoms with Gasteiger partial charge in [0.25, 0.3) is 5.91 Å². The number of hydrogen-bond acceptors (Lipinski definition) is 7. The number of nitrogens with zero attached hydrogens (tertiary/aromatic N) is 3. The highest BCUT2D eigenvalue weighted by molar-refractivity contribution is 7.99. The number of rotatable bonds is 8. The Labute approximate surface area is 195 Å². The van der Waals surface area contributed by atoms with E-state index in [2.05, 4.69) is 29.4 Å². The van der Waals surface area contributed by atoms with E-state index in [1.54, 1.807) is 6.26 Å². The second-order valence-electron chi connectivity index (χ2n) is 8.11. The van der Waals surface area contributed by atoms with Gasteiger partial charge in [-0.3, -0.25) is 9.59 Å². The molecule has 1 aliphatic carbocycles. The van der Waals surface area contributed by atoms with Crippen LogP contribution in [0.4, 0.5) is 5.00 Å². The van der Waals surface area contributed by atoms with Gasteiger partial charge in [0.1, 0.15) is 10.8 Å². The van der Waals surface area contributed by atoms with Crippen molar-refractivity contribution < 1.29 is 14.0 Å². The summed E-state index contributed by atoms with van der Waals surface area (Å²) in [6.45, 7) is 6.90. The van der Waals surface area contributed by atoms with Crippen LogP contribution in [0.5, 0.6) is 0 Å². The van der Waals surface area contributed by atoms with E-state index in [4.69, 9.17) is 10.2 Å². The first-order chi connectivity index (χ1) is 15.4. The number of furan rings is 1. The fraction of sp³-hybridized carbons (Fsp3) is 0.455. The minimum absolute atomic E-state index is 0.156. The van der Waals surface area contributed by atoms with E-state index in [9.17, 15) is 9.59 Å². The van der Waals surface area contributed by atoms with Crippen LogP contribution in [0.3, 0.4) is 0 Å². The van der Waals surface area contributed by atoms with Crippen molar-refractivity contribution in [2.45, 2.75) is 58.2 Å². The molecule has 3 heterocycles. The molecule has 1 aliphatic rings. The van der Waals surface area contributed by atoms with Gasteiger partial charge in [-0.2, -0.15) is 0 Å². The van der Waals surface area contributed by atoms with E-state index in [0.29, 0.717) is 21.6 Å². The third-order valence-electron chi connectivity index (χ3n) is 5.61. The van der Waals surface area contributed by atoms with E-state index in [0.717, 1.165) is 59.8 Å². The Morgan fingerprint density at radius 2 is 2.22 bits per heavy atom. The molecule has 0 bridgehead atoms. The third-order valence-corrected chi connectivity index (χ3v) is 7.74. The summed E-state index contributed by atoms with van der Waals surface area (Å²) in [5, 5.41) is 12.8. The number of carbonyl (C=O) groups is 2. The first-order valence-electron chi connectivity index (χ1n) is 10.7. The average Bonchev–Trinajstić information content (AvgIpc) is 3.43. The number of thiophene rings is 1. The molecule has 0 saturated carbocycles. The van der Waals surface area contributed by atoms with E-state index in [1.165, 1.54) is 23.1 Å². The predicted octanol–water partition coefficient (Wildman–Crippen LogP) is 4.27. The Bertz CT molecular complexity index is 1150. The lowest BCUT2D eigenvalue weighted by Gasteiger charge is -2.18. The van der Waals surface area contributed by atoms with Crippen LogP contribution in [0.15, 0.2) is 21.9 Å². The molecule has 3 N–H and O–H groups in total. The fourth-order valence-corrected chi connectivity index (χ4v) is 6.23. The Kier molecular flexibility index (Phi) is 6.71. The molecular formula is C22H27N5O3S2. The molecule has 170 valence electrons. The molecule has 2 amide bonds. The molecule has 0 spiro atoms. The van der Waals surface area contributed by atoms with Gasteiger partial charge in [0, 0.05) is 11.4 Å². The van der Waals surface area contributed by atoms with Gasteiger partial charge >= 0.3 is 0 Å². The first-order valence-corrected chi connectivity index (χ1v) is 12.5. The number of nitrogens with two attached hydrogens (primary N) is 1. The van der Waals surface area contributed by atoms with Gasteiger partial charge in [0.15, 0.2) is 11.0 Å². The van der Waals surface area contributed by atoms with Crippen LogP contribution in [-0.4, -0.2) is 32.3 Å². The maximum absolute atomic E-state index is 12.7. The molecule has 1 atom stereocenters. The molecule has 4 rings (SSSR count). The summed E-state index contributed by atoms with van der Waals surface area (Å²) < 4.78 is 7.42.